The molecule has 0 aliphatic carbocycles. The van der Waals surface area contributed by atoms with Crippen LogP contribution in [0, 0.1) is 5.92 Å². The number of ether oxygens (including phenoxy) is 1. The van der Waals surface area contributed by atoms with Crippen molar-refractivity contribution in [2.75, 3.05) is 44.7 Å². The number of urea groups is 1. The van der Waals surface area contributed by atoms with E-state index in [1.54, 1.807) is 0 Å². The van der Waals surface area contributed by atoms with Crippen molar-refractivity contribution in [3.05, 3.63) is 29.1 Å². The van der Waals surface area contributed by atoms with Gasteiger partial charge in [0.2, 0.25) is 0 Å². The fourth-order valence-corrected chi connectivity index (χ4v) is 5.61. The second-order valence-electron chi connectivity index (χ2n) is 10.6. The second kappa shape index (κ2) is 9.85. The molecule has 3 amide bonds. The number of aromatic nitrogens is 3. The van der Waals surface area contributed by atoms with E-state index < -0.39 is 5.54 Å². The fraction of sp³-hybridized carbons (Fsp3) is 0.680. The molecule has 11 nitrogen and oxygen atoms in total. The van der Waals surface area contributed by atoms with Gasteiger partial charge in [-0.3, -0.25) is 14.8 Å². The van der Waals surface area contributed by atoms with Crippen molar-refractivity contribution in [2.24, 2.45) is 5.92 Å². The zero-order valence-corrected chi connectivity index (χ0v) is 21.7. The molecule has 2 saturated heterocycles. The monoisotopic (exact) mass is 499 g/mol. The minimum Gasteiger partial charge on any atom is -0.448 e. The minimum atomic E-state index is -0.579. The van der Waals surface area contributed by atoms with Crippen LogP contribution in [0.1, 0.15) is 68.2 Å². The SMILES string of the molecule is CCc1nc(C(=O)Nc2n[nH]c3c2CN(C(=O)N2CCN(CC4CCOCC4)C[C@@H]2C)C3(C)C)co1. The van der Waals surface area contributed by atoms with Gasteiger partial charge in [0.25, 0.3) is 5.91 Å². The lowest BCUT2D eigenvalue weighted by Gasteiger charge is -2.44. The number of nitrogens with one attached hydrogen (secondary N) is 2. The fourth-order valence-electron chi connectivity index (χ4n) is 5.61. The second-order valence-corrected chi connectivity index (χ2v) is 10.6. The van der Waals surface area contributed by atoms with Crippen LogP contribution in [0.15, 0.2) is 10.7 Å². The molecule has 11 heteroatoms. The molecule has 5 heterocycles. The van der Waals surface area contributed by atoms with Crippen LogP contribution in [0.5, 0.6) is 0 Å². The van der Waals surface area contributed by atoms with Crippen LogP contribution in [0.25, 0.3) is 0 Å². The van der Waals surface area contributed by atoms with Gasteiger partial charge in [-0.05, 0) is 39.5 Å². The molecule has 3 aliphatic heterocycles. The van der Waals surface area contributed by atoms with Crippen molar-refractivity contribution in [3.8, 4) is 0 Å². The number of amides is 3. The summed E-state index contributed by atoms with van der Waals surface area (Å²) in [6.45, 7) is 13.7. The number of hydrogen-bond donors (Lipinski definition) is 2. The van der Waals surface area contributed by atoms with E-state index in [2.05, 4.69) is 32.3 Å². The third kappa shape index (κ3) is 4.61. The number of anilines is 1. The smallest absolute Gasteiger partial charge is 0.321 e. The van der Waals surface area contributed by atoms with Crippen LogP contribution < -0.4 is 5.32 Å². The molecule has 2 fully saturated rings. The maximum absolute atomic E-state index is 13.8. The van der Waals surface area contributed by atoms with Crippen LogP contribution >= 0.6 is 0 Å². The molecule has 0 bridgehead atoms. The average molecular weight is 500 g/mol. The van der Waals surface area contributed by atoms with E-state index in [1.165, 1.54) is 6.26 Å². The Morgan fingerprint density at radius 2 is 2.03 bits per heavy atom. The summed E-state index contributed by atoms with van der Waals surface area (Å²) in [4.78, 5) is 37.0. The summed E-state index contributed by atoms with van der Waals surface area (Å²) in [5, 5.41) is 10.2. The number of hydrogen-bond acceptors (Lipinski definition) is 7. The molecule has 2 aromatic heterocycles. The molecule has 3 aliphatic rings. The summed E-state index contributed by atoms with van der Waals surface area (Å²) in [6.07, 6.45) is 4.20. The van der Waals surface area contributed by atoms with Crippen LogP contribution in [-0.2, 0) is 23.2 Å². The van der Waals surface area contributed by atoms with Crippen molar-refractivity contribution in [1.29, 1.82) is 0 Å². The normalized spacial score (nSPS) is 22.6. The Hall–Kier alpha value is -2.92. The third-order valence-electron chi connectivity index (χ3n) is 7.83. The van der Waals surface area contributed by atoms with Crippen LogP contribution in [0.4, 0.5) is 10.6 Å². The van der Waals surface area contributed by atoms with Gasteiger partial charge in [0, 0.05) is 57.4 Å². The molecule has 2 aromatic rings. The molecule has 2 N–H and O–H groups in total. The van der Waals surface area contributed by atoms with Crippen molar-refractivity contribution >= 4 is 17.8 Å². The quantitative estimate of drug-likeness (QED) is 0.649. The Labute approximate surface area is 211 Å². The Bertz CT molecular complexity index is 1100. The van der Waals surface area contributed by atoms with Gasteiger partial charge in [0.15, 0.2) is 17.4 Å². The Morgan fingerprint density at radius 3 is 2.72 bits per heavy atom. The lowest BCUT2D eigenvalue weighted by atomic mass is 9.99. The molecule has 36 heavy (non-hydrogen) atoms. The highest BCUT2D eigenvalue weighted by Gasteiger charge is 2.46. The zero-order chi connectivity index (χ0) is 25.4. The number of H-pyrrole nitrogens is 1. The molecular formula is C25H37N7O4. The van der Waals surface area contributed by atoms with Gasteiger partial charge in [0.05, 0.1) is 17.8 Å². The molecule has 196 valence electrons. The highest BCUT2D eigenvalue weighted by Crippen LogP contribution is 2.41. The molecule has 0 radical (unpaired) electrons. The van der Waals surface area contributed by atoms with Crippen LogP contribution in [0.2, 0.25) is 0 Å². The average Bonchev–Trinajstić information content (AvgIpc) is 3.56. The first-order valence-electron chi connectivity index (χ1n) is 13.0. The standard InChI is InChI=1S/C25H37N7O4/c1-5-20-26-19(15-36-20)23(33)27-22-18-14-32(25(3,4)21(18)28-29-22)24(34)31-9-8-30(12-16(31)2)13-17-6-10-35-11-7-17/h15-17H,5-14H2,1-4H3,(H2,27,28,29,33)/t16-/m0/s1. The summed E-state index contributed by atoms with van der Waals surface area (Å²) < 4.78 is 10.8. The number of aromatic amines is 1. The van der Waals surface area contributed by atoms with E-state index in [-0.39, 0.29) is 23.7 Å². The number of carbonyl (C=O) groups is 2. The summed E-state index contributed by atoms with van der Waals surface area (Å²) in [5.74, 6) is 1.23. The Kier molecular flexibility index (Phi) is 6.78. The van der Waals surface area contributed by atoms with E-state index in [0.717, 1.165) is 56.9 Å². The summed E-state index contributed by atoms with van der Waals surface area (Å²) >= 11 is 0. The maximum atomic E-state index is 13.8. The topological polar surface area (TPSA) is 120 Å². The molecule has 0 unspecified atom stereocenters. The number of oxazole rings is 1. The predicted molar refractivity (Wildman–Crippen MR) is 133 cm³/mol. The minimum absolute atomic E-state index is 0.0178. The van der Waals surface area contributed by atoms with Crippen molar-refractivity contribution in [1.82, 2.24) is 29.9 Å². The van der Waals surface area contributed by atoms with Crippen molar-refractivity contribution in [2.45, 2.75) is 65.1 Å². The van der Waals surface area contributed by atoms with E-state index in [0.29, 0.717) is 37.1 Å². The van der Waals surface area contributed by atoms with E-state index >= 15 is 0 Å². The first-order chi connectivity index (χ1) is 17.3. The molecule has 5 rings (SSSR count). The van der Waals surface area contributed by atoms with Crippen LogP contribution in [0.3, 0.4) is 0 Å². The zero-order valence-electron chi connectivity index (χ0n) is 21.7. The van der Waals surface area contributed by atoms with E-state index in [1.807, 2.05) is 30.6 Å². The molecular weight excluding hydrogens is 462 g/mol. The van der Waals surface area contributed by atoms with Crippen molar-refractivity contribution < 1.29 is 18.7 Å². The van der Waals surface area contributed by atoms with Crippen LogP contribution in [-0.4, -0.2) is 87.3 Å². The number of rotatable bonds is 5. The number of piperazine rings is 1. The summed E-state index contributed by atoms with van der Waals surface area (Å²) in [7, 11) is 0. The van der Waals surface area contributed by atoms with Gasteiger partial charge >= 0.3 is 6.03 Å². The van der Waals surface area contributed by atoms with Gasteiger partial charge in [-0.2, -0.15) is 5.10 Å². The number of fused-ring (bicyclic) bond motifs is 1. The number of nitrogens with zero attached hydrogens (tertiary/aromatic N) is 5. The summed E-state index contributed by atoms with van der Waals surface area (Å²) in [6, 6.07) is 0.141. The van der Waals surface area contributed by atoms with Gasteiger partial charge in [-0.15, -0.1) is 0 Å². The van der Waals surface area contributed by atoms with E-state index in [4.69, 9.17) is 9.15 Å². The highest BCUT2D eigenvalue weighted by molar-refractivity contribution is 6.02. The van der Waals surface area contributed by atoms with Gasteiger partial charge < -0.3 is 24.3 Å². The Morgan fingerprint density at radius 1 is 1.25 bits per heavy atom. The molecule has 0 aromatic carbocycles. The molecule has 0 spiro atoms. The molecule has 0 saturated carbocycles. The highest BCUT2D eigenvalue weighted by atomic mass is 16.5. The first-order valence-corrected chi connectivity index (χ1v) is 13.0. The lowest BCUT2D eigenvalue weighted by molar-refractivity contribution is 0.0290. The third-order valence-corrected chi connectivity index (χ3v) is 7.83. The predicted octanol–water partition coefficient (Wildman–Crippen LogP) is 2.82. The summed E-state index contributed by atoms with van der Waals surface area (Å²) in [5.41, 5.74) is 1.30. The first kappa shape index (κ1) is 24.8. The maximum Gasteiger partial charge on any atom is 0.321 e. The van der Waals surface area contributed by atoms with Crippen molar-refractivity contribution in [3.63, 3.8) is 0 Å². The number of carbonyl (C=O) groups excluding carboxylic acids is 2. The lowest BCUT2D eigenvalue weighted by Crippen LogP contribution is -2.59. The van der Waals surface area contributed by atoms with E-state index in [9.17, 15) is 9.59 Å². The molecule has 1 atom stereocenters. The largest absolute Gasteiger partial charge is 0.448 e. The van der Waals surface area contributed by atoms with Gasteiger partial charge in [-0.25, -0.2) is 9.78 Å². The number of aryl methyl sites for hydroxylation is 1. The van der Waals surface area contributed by atoms with Gasteiger partial charge in [-0.1, -0.05) is 6.92 Å². The van der Waals surface area contributed by atoms with Gasteiger partial charge in [0.1, 0.15) is 6.26 Å². The Balaban J connectivity index is 1.24.